The van der Waals surface area contributed by atoms with Gasteiger partial charge in [-0.3, -0.25) is 4.79 Å². The highest BCUT2D eigenvalue weighted by Crippen LogP contribution is 2.27. The smallest absolute Gasteiger partial charge is 0.406 e. The molecule has 0 aromatic rings. The largest absolute Gasteiger partial charge is 0.481 e. The standard InChI is InChI=1S/C7H7F3O2/c1-2-3-4-5(6(11)12)7(8,9)10/h2,4-5H,1H3,(H,11,12). The number of rotatable bonds is 2. The first kappa shape index (κ1) is 10.8. The van der Waals surface area contributed by atoms with Crippen LogP contribution >= 0.6 is 0 Å². The van der Waals surface area contributed by atoms with E-state index in [0.29, 0.717) is 6.08 Å². The molecule has 0 saturated carbocycles. The van der Waals surface area contributed by atoms with Gasteiger partial charge in [0.1, 0.15) is 0 Å². The molecule has 0 aliphatic rings. The maximum absolute atomic E-state index is 11.8. The molecule has 0 amide bonds. The SMILES string of the molecule is CC=C=CC(C(=O)O)C(F)(F)F. The van der Waals surface area contributed by atoms with Gasteiger partial charge in [-0.1, -0.05) is 0 Å². The van der Waals surface area contributed by atoms with Crippen LogP contribution in [0.15, 0.2) is 17.9 Å². The second-order valence-corrected chi connectivity index (χ2v) is 1.98. The molecule has 0 aromatic carbocycles. The second-order valence-electron chi connectivity index (χ2n) is 1.98. The van der Waals surface area contributed by atoms with Crippen molar-refractivity contribution in [1.82, 2.24) is 0 Å². The van der Waals surface area contributed by atoms with E-state index >= 15 is 0 Å². The van der Waals surface area contributed by atoms with Crippen molar-refractivity contribution < 1.29 is 23.1 Å². The van der Waals surface area contributed by atoms with Crippen molar-refractivity contribution in [3.8, 4) is 0 Å². The zero-order chi connectivity index (χ0) is 9.78. The van der Waals surface area contributed by atoms with Crippen LogP contribution in [0.5, 0.6) is 0 Å². The number of aliphatic carboxylic acids is 1. The van der Waals surface area contributed by atoms with Gasteiger partial charge in [0.25, 0.3) is 0 Å². The Balaban J connectivity index is 4.69. The molecule has 12 heavy (non-hydrogen) atoms. The number of hydrogen-bond acceptors (Lipinski definition) is 1. The molecule has 0 aliphatic carbocycles. The highest BCUT2D eigenvalue weighted by Gasteiger charge is 2.43. The summed E-state index contributed by atoms with van der Waals surface area (Å²) in [6.45, 7) is 1.45. The molecule has 0 fully saturated rings. The van der Waals surface area contributed by atoms with Crippen molar-refractivity contribution in [2.24, 2.45) is 5.92 Å². The fourth-order valence-corrected chi connectivity index (χ4v) is 0.498. The molecular formula is C7H7F3O2. The van der Waals surface area contributed by atoms with E-state index in [1.165, 1.54) is 13.0 Å². The lowest BCUT2D eigenvalue weighted by Crippen LogP contribution is -2.28. The molecule has 2 nitrogen and oxygen atoms in total. The molecule has 68 valence electrons. The fraction of sp³-hybridized carbons (Fsp3) is 0.429. The third-order valence-corrected chi connectivity index (χ3v) is 1.05. The van der Waals surface area contributed by atoms with E-state index in [9.17, 15) is 18.0 Å². The molecule has 1 atom stereocenters. The maximum Gasteiger partial charge on any atom is 0.406 e. The Bertz CT molecular complexity index is 223. The average molecular weight is 180 g/mol. The van der Waals surface area contributed by atoms with E-state index in [1.807, 2.05) is 0 Å². The minimum Gasteiger partial charge on any atom is -0.481 e. The number of hydrogen-bond donors (Lipinski definition) is 1. The summed E-state index contributed by atoms with van der Waals surface area (Å²) in [5.74, 6) is -4.38. The van der Waals surface area contributed by atoms with Gasteiger partial charge in [-0.25, -0.2) is 0 Å². The quantitative estimate of drug-likeness (QED) is 0.659. The monoisotopic (exact) mass is 180 g/mol. The zero-order valence-corrected chi connectivity index (χ0v) is 6.22. The van der Waals surface area contributed by atoms with Gasteiger partial charge in [-0.2, -0.15) is 13.2 Å². The number of carbonyl (C=O) groups is 1. The van der Waals surface area contributed by atoms with Crippen LogP contribution in [0.4, 0.5) is 13.2 Å². The van der Waals surface area contributed by atoms with Crippen molar-refractivity contribution in [1.29, 1.82) is 0 Å². The Labute approximate surface area is 67.0 Å². The number of carboxylic acids is 1. The highest BCUT2D eigenvalue weighted by atomic mass is 19.4. The van der Waals surface area contributed by atoms with Crippen molar-refractivity contribution in [3.63, 3.8) is 0 Å². The van der Waals surface area contributed by atoms with Gasteiger partial charge in [0, 0.05) is 0 Å². The van der Waals surface area contributed by atoms with Crippen molar-refractivity contribution in [2.45, 2.75) is 13.1 Å². The first-order valence-electron chi connectivity index (χ1n) is 3.06. The lowest BCUT2D eigenvalue weighted by molar-refractivity contribution is -0.183. The third kappa shape index (κ3) is 3.25. The summed E-state index contributed by atoms with van der Waals surface area (Å²) < 4.78 is 35.5. The Hall–Kier alpha value is -1.22. The van der Waals surface area contributed by atoms with Gasteiger partial charge in [-0.05, 0) is 19.1 Å². The van der Waals surface area contributed by atoms with Gasteiger partial charge < -0.3 is 5.11 Å². The second kappa shape index (κ2) is 3.97. The molecule has 0 saturated heterocycles. The van der Waals surface area contributed by atoms with E-state index in [0.717, 1.165) is 0 Å². The number of halogens is 3. The third-order valence-electron chi connectivity index (χ3n) is 1.05. The summed E-state index contributed by atoms with van der Waals surface area (Å²) in [5, 5.41) is 8.13. The topological polar surface area (TPSA) is 37.3 Å². The van der Waals surface area contributed by atoms with Crippen LogP contribution in [0.2, 0.25) is 0 Å². The molecule has 0 radical (unpaired) electrons. The Morgan fingerprint density at radius 2 is 2.08 bits per heavy atom. The Morgan fingerprint density at radius 1 is 1.58 bits per heavy atom. The summed E-state index contributed by atoms with van der Waals surface area (Å²) in [4.78, 5) is 10.0. The predicted molar refractivity (Wildman–Crippen MR) is 35.5 cm³/mol. The molecule has 5 heteroatoms. The van der Waals surface area contributed by atoms with E-state index in [1.54, 1.807) is 0 Å². The molecule has 0 aromatic heterocycles. The molecule has 1 N–H and O–H groups in total. The minimum absolute atomic E-state index is 0.475. The van der Waals surface area contributed by atoms with E-state index in [2.05, 4.69) is 5.73 Å². The van der Waals surface area contributed by atoms with Crippen molar-refractivity contribution in [3.05, 3.63) is 17.9 Å². The summed E-state index contributed by atoms with van der Waals surface area (Å²) in [5.41, 5.74) is 2.09. The van der Waals surface area contributed by atoms with Crippen LogP contribution in [-0.2, 0) is 4.79 Å². The van der Waals surface area contributed by atoms with Crippen LogP contribution in [0.3, 0.4) is 0 Å². The van der Waals surface area contributed by atoms with E-state index in [-0.39, 0.29) is 0 Å². The Morgan fingerprint density at radius 3 is 2.33 bits per heavy atom. The van der Waals surface area contributed by atoms with Gasteiger partial charge in [0.2, 0.25) is 0 Å². The summed E-state index contributed by atoms with van der Waals surface area (Å²) >= 11 is 0. The Kier molecular flexibility index (Phi) is 3.57. The molecule has 0 bridgehead atoms. The predicted octanol–water partition coefficient (Wildman–Crippen LogP) is 1.98. The van der Waals surface area contributed by atoms with Gasteiger partial charge in [0.05, 0.1) is 0 Å². The fourth-order valence-electron chi connectivity index (χ4n) is 0.498. The zero-order valence-electron chi connectivity index (χ0n) is 6.22. The lowest BCUT2D eigenvalue weighted by Gasteiger charge is -2.10. The van der Waals surface area contributed by atoms with Gasteiger partial charge >= 0.3 is 12.1 Å². The molecule has 0 rings (SSSR count). The first-order valence-corrected chi connectivity index (χ1v) is 3.06. The highest BCUT2D eigenvalue weighted by molar-refractivity contribution is 5.73. The van der Waals surface area contributed by atoms with E-state index in [4.69, 9.17) is 5.11 Å². The minimum atomic E-state index is -4.75. The molecule has 0 spiro atoms. The van der Waals surface area contributed by atoms with Gasteiger partial charge in [-0.15, -0.1) is 5.73 Å². The average Bonchev–Trinajstić information content (AvgIpc) is 1.84. The van der Waals surface area contributed by atoms with Crippen molar-refractivity contribution in [2.75, 3.05) is 0 Å². The van der Waals surface area contributed by atoms with Crippen LogP contribution in [-0.4, -0.2) is 17.3 Å². The lowest BCUT2D eigenvalue weighted by atomic mass is 10.1. The van der Waals surface area contributed by atoms with Crippen molar-refractivity contribution >= 4 is 5.97 Å². The maximum atomic E-state index is 11.8. The van der Waals surface area contributed by atoms with Gasteiger partial charge in [0.15, 0.2) is 5.92 Å². The van der Waals surface area contributed by atoms with Crippen LogP contribution in [0.1, 0.15) is 6.92 Å². The first-order chi connectivity index (χ1) is 5.39. The molecular weight excluding hydrogens is 173 g/mol. The molecule has 0 aliphatic heterocycles. The van der Waals surface area contributed by atoms with Crippen LogP contribution < -0.4 is 0 Å². The van der Waals surface area contributed by atoms with E-state index < -0.39 is 18.1 Å². The summed E-state index contributed by atoms with van der Waals surface area (Å²) in [7, 11) is 0. The number of alkyl halides is 3. The molecule has 0 heterocycles. The summed E-state index contributed by atoms with van der Waals surface area (Å²) in [6.07, 6.45) is -3.06. The van der Waals surface area contributed by atoms with Crippen LogP contribution in [0, 0.1) is 5.92 Å². The molecule has 1 unspecified atom stereocenters. The summed E-state index contributed by atoms with van der Waals surface area (Å²) in [6, 6.07) is 0. The van der Waals surface area contributed by atoms with Crippen LogP contribution in [0.25, 0.3) is 0 Å². The number of carboxylic acid groups (broad SMARTS) is 1. The normalized spacial score (nSPS) is 13.0.